The maximum atomic E-state index is 14.7. The van der Waals surface area contributed by atoms with Crippen LogP contribution in [0.1, 0.15) is 5.69 Å². The number of hydrogen-bond acceptors (Lipinski definition) is 5. The highest BCUT2D eigenvalue weighted by molar-refractivity contribution is 7.89. The first-order valence-electron chi connectivity index (χ1n) is 7.75. The Bertz CT molecular complexity index is 1080. The largest absolute Gasteiger partial charge is 0.382 e. The smallest absolute Gasteiger partial charge is 0.240 e. The third-order valence-electron chi connectivity index (χ3n) is 3.99. The second-order valence-electron chi connectivity index (χ2n) is 5.62. The topological polar surface area (TPSA) is 98.0 Å². The summed E-state index contributed by atoms with van der Waals surface area (Å²) in [5.74, 6) is -0.241. The number of nitrogens with two attached hydrogens (primary N) is 1. The van der Waals surface area contributed by atoms with Crippen molar-refractivity contribution in [2.75, 3.05) is 12.8 Å². The first-order valence-corrected chi connectivity index (χ1v) is 9.24. The molecule has 1 heterocycles. The first kappa shape index (κ1) is 18.0. The van der Waals surface area contributed by atoms with Crippen LogP contribution in [-0.4, -0.2) is 25.4 Å². The van der Waals surface area contributed by atoms with Crippen LogP contribution in [0.25, 0.3) is 22.4 Å². The molecule has 0 aliphatic carbocycles. The average Bonchev–Trinajstić information content (AvgIpc) is 2.64. The number of aryl methyl sites for hydroxylation is 1. The Morgan fingerprint density at radius 2 is 1.85 bits per heavy atom. The lowest BCUT2D eigenvalue weighted by Gasteiger charge is -2.11. The number of anilines is 1. The molecule has 0 aliphatic heterocycles. The normalized spacial score (nSPS) is 11.5. The van der Waals surface area contributed by atoms with E-state index < -0.39 is 15.8 Å². The summed E-state index contributed by atoms with van der Waals surface area (Å²) in [6, 6.07) is 10.9. The summed E-state index contributed by atoms with van der Waals surface area (Å²) in [4.78, 5) is 8.32. The zero-order valence-corrected chi connectivity index (χ0v) is 15.0. The highest BCUT2D eigenvalue weighted by atomic mass is 32.2. The van der Waals surface area contributed by atoms with Crippen molar-refractivity contribution < 1.29 is 12.8 Å². The molecule has 8 heteroatoms. The van der Waals surface area contributed by atoms with E-state index in [1.807, 2.05) is 0 Å². The molecule has 26 heavy (non-hydrogen) atoms. The molecule has 0 aliphatic rings. The Labute approximate surface area is 151 Å². The zero-order chi connectivity index (χ0) is 18.9. The molecule has 0 spiro atoms. The molecule has 0 unspecified atom stereocenters. The fourth-order valence-corrected chi connectivity index (χ4v) is 3.51. The predicted octanol–water partition coefficient (Wildman–Crippen LogP) is 2.75. The molecule has 0 bridgehead atoms. The van der Waals surface area contributed by atoms with Crippen LogP contribution >= 0.6 is 0 Å². The molecule has 0 saturated heterocycles. The van der Waals surface area contributed by atoms with Crippen LogP contribution in [0.2, 0.25) is 0 Å². The van der Waals surface area contributed by atoms with Gasteiger partial charge in [-0.25, -0.2) is 27.5 Å². The molecule has 0 radical (unpaired) electrons. The van der Waals surface area contributed by atoms with Gasteiger partial charge in [0.2, 0.25) is 10.0 Å². The van der Waals surface area contributed by atoms with Crippen molar-refractivity contribution in [3.8, 4) is 22.4 Å². The Morgan fingerprint density at radius 1 is 1.12 bits per heavy atom. The Hall–Kier alpha value is -2.84. The van der Waals surface area contributed by atoms with Gasteiger partial charge in [0.05, 0.1) is 22.5 Å². The first-order chi connectivity index (χ1) is 12.3. The zero-order valence-electron chi connectivity index (χ0n) is 14.2. The third kappa shape index (κ3) is 3.29. The number of nitrogens with zero attached hydrogens (tertiary/aromatic N) is 2. The maximum Gasteiger partial charge on any atom is 0.240 e. The molecule has 0 atom stereocenters. The lowest BCUT2D eigenvalue weighted by Crippen LogP contribution is -2.19. The third-order valence-corrected chi connectivity index (χ3v) is 5.46. The van der Waals surface area contributed by atoms with Gasteiger partial charge in [0.25, 0.3) is 0 Å². The van der Waals surface area contributed by atoms with Crippen molar-refractivity contribution in [3.05, 3.63) is 60.2 Å². The van der Waals surface area contributed by atoms with E-state index in [9.17, 15) is 12.8 Å². The van der Waals surface area contributed by atoms with E-state index in [4.69, 9.17) is 5.73 Å². The van der Waals surface area contributed by atoms with Crippen molar-refractivity contribution in [2.45, 2.75) is 11.8 Å². The fourth-order valence-electron chi connectivity index (χ4n) is 2.56. The molecule has 3 rings (SSSR count). The minimum absolute atomic E-state index is 0.0813. The molecule has 1 aromatic heterocycles. The Kier molecular flexibility index (Phi) is 4.71. The van der Waals surface area contributed by atoms with Crippen molar-refractivity contribution in [3.63, 3.8) is 0 Å². The second-order valence-corrected chi connectivity index (χ2v) is 7.48. The van der Waals surface area contributed by atoms with Gasteiger partial charge in [0, 0.05) is 11.1 Å². The van der Waals surface area contributed by atoms with Gasteiger partial charge in [-0.1, -0.05) is 24.3 Å². The van der Waals surface area contributed by atoms with E-state index >= 15 is 0 Å². The Balaban J connectivity index is 2.11. The molecule has 0 amide bonds. The number of sulfonamides is 1. The average molecular weight is 372 g/mol. The van der Waals surface area contributed by atoms with E-state index in [0.29, 0.717) is 22.5 Å². The van der Waals surface area contributed by atoms with Crippen LogP contribution in [0.4, 0.5) is 10.2 Å². The van der Waals surface area contributed by atoms with Gasteiger partial charge in [-0.3, -0.25) is 0 Å². The van der Waals surface area contributed by atoms with Gasteiger partial charge in [0.15, 0.2) is 0 Å². The molecule has 134 valence electrons. The van der Waals surface area contributed by atoms with Gasteiger partial charge < -0.3 is 5.73 Å². The lowest BCUT2D eigenvalue weighted by atomic mass is 10.0. The van der Waals surface area contributed by atoms with E-state index in [2.05, 4.69) is 14.7 Å². The lowest BCUT2D eigenvalue weighted by molar-refractivity contribution is 0.588. The van der Waals surface area contributed by atoms with Crippen molar-refractivity contribution in [2.24, 2.45) is 0 Å². The standard InChI is InChI=1S/C18H17FN4O2S/c1-11-18(20)22-10-16(23-11)14-8-7-12(9-15(14)19)13-5-3-4-6-17(13)26(24,25)21-2/h3-10,21H,1-2H3,(H2,20,22). The molecule has 0 saturated carbocycles. The molecular formula is C18H17FN4O2S. The maximum absolute atomic E-state index is 14.7. The van der Waals surface area contributed by atoms with Crippen LogP contribution in [0.15, 0.2) is 53.6 Å². The molecule has 0 fully saturated rings. The second kappa shape index (κ2) is 6.81. The highest BCUT2D eigenvalue weighted by Crippen LogP contribution is 2.31. The van der Waals surface area contributed by atoms with Crippen LogP contribution < -0.4 is 10.5 Å². The van der Waals surface area contributed by atoms with Crippen LogP contribution in [0, 0.1) is 12.7 Å². The van der Waals surface area contributed by atoms with E-state index in [1.165, 1.54) is 25.4 Å². The molecule has 2 aromatic carbocycles. The SMILES string of the molecule is CNS(=O)(=O)c1ccccc1-c1ccc(-c2cnc(N)c(C)n2)c(F)c1. The minimum Gasteiger partial charge on any atom is -0.382 e. The molecule has 3 N–H and O–H groups in total. The highest BCUT2D eigenvalue weighted by Gasteiger charge is 2.18. The summed E-state index contributed by atoms with van der Waals surface area (Å²) in [5.41, 5.74) is 7.63. The van der Waals surface area contributed by atoms with Gasteiger partial charge in [-0.2, -0.15) is 0 Å². The van der Waals surface area contributed by atoms with Crippen LogP contribution in [-0.2, 0) is 10.0 Å². The summed E-state index contributed by atoms with van der Waals surface area (Å²) >= 11 is 0. The number of hydrogen-bond donors (Lipinski definition) is 2. The quantitative estimate of drug-likeness (QED) is 0.734. The monoisotopic (exact) mass is 372 g/mol. The predicted molar refractivity (Wildman–Crippen MR) is 98.3 cm³/mol. The van der Waals surface area contributed by atoms with E-state index in [1.54, 1.807) is 37.3 Å². The van der Waals surface area contributed by atoms with Gasteiger partial charge in [0.1, 0.15) is 11.6 Å². The van der Waals surface area contributed by atoms with Gasteiger partial charge in [-0.15, -0.1) is 0 Å². The summed E-state index contributed by atoms with van der Waals surface area (Å²) in [7, 11) is -2.34. The van der Waals surface area contributed by atoms with E-state index in [0.717, 1.165) is 0 Å². The van der Waals surface area contributed by atoms with Crippen molar-refractivity contribution >= 4 is 15.8 Å². The summed E-state index contributed by atoms with van der Waals surface area (Å²) in [6.45, 7) is 1.69. The number of nitrogens with one attached hydrogen (secondary N) is 1. The summed E-state index contributed by atoms with van der Waals surface area (Å²) in [5, 5.41) is 0. The summed E-state index contributed by atoms with van der Waals surface area (Å²) < 4.78 is 41.4. The minimum atomic E-state index is -3.67. The van der Waals surface area contributed by atoms with Gasteiger partial charge in [-0.05, 0) is 37.7 Å². The molecule has 6 nitrogen and oxygen atoms in total. The van der Waals surface area contributed by atoms with Gasteiger partial charge >= 0.3 is 0 Å². The Morgan fingerprint density at radius 3 is 2.50 bits per heavy atom. The number of rotatable bonds is 4. The number of aromatic nitrogens is 2. The number of nitrogen functional groups attached to an aromatic ring is 1. The van der Waals surface area contributed by atoms with Crippen molar-refractivity contribution in [1.29, 1.82) is 0 Å². The number of halogens is 1. The summed E-state index contributed by atoms with van der Waals surface area (Å²) in [6.07, 6.45) is 1.40. The van der Waals surface area contributed by atoms with E-state index in [-0.39, 0.29) is 16.3 Å². The van der Waals surface area contributed by atoms with Crippen molar-refractivity contribution in [1.82, 2.24) is 14.7 Å². The molecular weight excluding hydrogens is 355 g/mol. The number of benzene rings is 2. The van der Waals surface area contributed by atoms with Crippen LogP contribution in [0.5, 0.6) is 0 Å². The molecule has 3 aromatic rings. The van der Waals surface area contributed by atoms with Crippen LogP contribution in [0.3, 0.4) is 0 Å². The fraction of sp³-hybridized carbons (Fsp3) is 0.111.